The Labute approximate surface area is 127 Å². The lowest BCUT2D eigenvalue weighted by molar-refractivity contribution is 0.0219. The Morgan fingerprint density at radius 1 is 0.952 bits per heavy atom. The van der Waals surface area contributed by atoms with Gasteiger partial charge in [-0.05, 0) is 22.9 Å². The molecule has 1 fully saturated rings. The third-order valence-electron chi connectivity index (χ3n) is 3.95. The second-order valence-corrected chi connectivity index (χ2v) is 6.46. The molecular weight excluding hydrogens is 286 g/mol. The molecule has 4 atom stereocenters. The average Bonchev–Trinajstić information content (AvgIpc) is 2.80. The number of hydrogen-bond acceptors (Lipinski definition) is 5. The standard InChI is InChI=1S/C16H19NO3S/c18-8-13-15(19)16(20)14(17-13)9-21-12-6-5-10-3-1-2-4-11(10)7-12/h1-7,13-20H,8-9H2/t13-,14+,15-,16-/m1/s1. The van der Waals surface area contributed by atoms with Crippen LogP contribution in [0.15, 0.2) is 47.4 Å². The highest BCUT2D eigenvalue weighted by Crippen LogP contribution is 2.26. The molecule has 1 saturated heterocycles. The quantitative estimate of drug-likeness (QED) is 0.634. The van der Waals surface area contributed by atoms with Crippen LogP contribution in [-0.2, 0) is 0 Å². The Morgan fingerprint density at radius 3 is 2.38 bits per heavy atom. The third kappa shape index (κ3) is 3.07. The summed E-state index contributed by atoms with van der Waals surface area (Å²) in [5, 5.41) is 34.4. The first-order chi connectivity index (χ1) is 10.2. The molecule has 1 heterocycles. The molecule has 4 N–H and O–H groups in total. The summed E-state index contributed by atoms with van der Waals surface area (Å²) < 4.78 is 0. The summed E-state index contributed by atoms with van der Waals surface area (Å²) in [4.78, 5) is 1.13. The first kappa shape index (κ1) is 14.8. The molecule has 0 aliphatic carbocycles. The Hall–Kier alpha value is -1.11. The molecule has 3 rings (SSSR count). The zero-order chi connectivity index (χ0) is 14.8. The van der Waals surface area contributed by atoms with E-state index in [2.05, 4.69) is 35.6 Å². The van der Waals surface area contributed by atoms with E-state index in [0.717, 1.165) is 4.90 Å². The first-order valence-electron chi connectivity index (χ1n) is 7.03. The molecule has 0 amide bonds. The van der Waals surface area contributed by atoms with Crippen LogP contribution in [0.4, 0.5) is 0 Å². The molecule has 1 aliphatic heterocycles. The number of aliphatic hydroxyl groups excluding tert-OH is 3. The van der Waals surface area contributed by atoms with Gasteiger partial charge in [0, 0.05) is 16.7 Å². The van der Waals surface area contributed by atoms with Crippen molar-refractivity contribution in [2.75, 3.05) is 12.4 Å². The second-order valence-electron chi connectivity index (χ2n) is 5.36. The highest BCUT2D eigenvalue weighted by atomic mass is 32.2. The monoisotopic (exact) mass is 305 g/mol. The Morgan fingerprint density at radius 2 is 1.67 bits per heavy atom. The van der Waals surface area contributed by atoms with Gasteiger partial charge in [-0.1, -0.05) is 30.3 Å². The first-order valence-corrected chi connectivity index (χ1v) is 8.02. The van der Waals surface area contributed by atoms with E-state index in [1.54, 1.807) is 11.8 Å². The van der Waals surface area contributed by atoms with Gasteiger partial charge >= 0.3 is 0 Å². The van der Waals surface area contributed by atoms with Crippen LogP contribution >= 0.6 is 11.8 Å². The molecule has 5 heteroatoms. The van der Waals surface area contributed by atoms with Gasteiger partial charge in [-0.3, -0.25) is 0 Å². The number of benzene rings is 2. The lowest BCUT2D eigenvalue weighted by atomic mass is 10.1. The number of fused-ring (bicyclic) bond motifs is 1. The van der Waals surface area contributed by atoms with Crippen molar-refractivity contribution in [3.05, 3.63) is 42.5 Å². The van der Waals surface area contributed by atoms with Crippen molar-refractivity contribution in [1.29, 1.82) is 0 Å². The van der Waals surface area contributed by atoms with Gasteiger partial charge in [0.1, 0.15) is 0 Å². The summed E-state index contributed by atoms with van der Waals surface area (Å²) in [7, 11) is 0. The molecule has 21 heavy (non-hydrogen) atoms. The highest BCUT2D eigenvalue weighted by molar-refractivity contribution is 7.99. The van der Waals surface area contributed by atoms with E-state index in [1.807, 2.05) is 12.1 Å². The molecule has 1 aliphatic rings. The van der Waals surface area contributed by atoms with E-state index in [9.17, 15) is 10.2 Å². The van der Waals surface area contributed by atoms with E-state index < -0.39 is 18.2 Å². The Balaban J connectivity index is 1.66. The van der Waals surface area contributed by atoms with Gasteiger partial charge in [-0.25, -0.2) is 0 Å². The molecule has 0 aromatic heterocycles. The van der Waals surface area contributed by atoms with Gasteiger partial charge in [-0.15, -0.1) is 11.8 Å². The van der Waals surface area contributed by atoms with Gasteiger partial charge in [0.2, 0.25) is 0 Å². The average molecular weight is 305 g/mol. The lowest BCUT2D eigenvalue weighted by Crippen LogP contribution is -2.37. The molecule has 0 spiro atoms. The fraction of sp³-hybridized carbons (Fsp3) is 0.375. The summed E-state index contributed by atoms with van der Waals surface area (Å²) in [6.07, 6.45) is -1.74. The maximum Gasteiger partial charge on any atom is 0.0989 e. The zero-order valence-corrected chi connectivity index (χ0v) is 12.3. The van der Waals surface area contributed by atoms with Crippen LogP contribution in [-0.4, -0.2) is 52.0 Å². The Kier molecular flexibility index (Phi) is 4.47. The minimum absolute atomic E-state index is 0.171. The SMILES string of the molecule is OC[C@H]1N[C@@H](CSc2ccc3ccccc3c2)[C@@H](O)[C@@H]1O. The summed E-state index contributed by atoms with van der Waals surface area (Å²) in [6.45, 7) is -0.171. The smallest absolute Gasteiger partial charge is 0.0989 e. The molecular formula is C16H19NO3S. The van der Waals surface area contributed by atoms with Crippen LogP contribution in [0.2, 0.25) is 0 Å². The summed E-state index contributed by atoms with van der Waals surface area (Å²) in [5.41, 5.74) is 0. The largest absolute Gasteiger partial charge is 0.395 e. The van der Waals surface area contributed by atoms with Gasteiger partial charge in [0.05, 0.1) is 24.9 Å². The molecule has 0 bridgehead atoms. The summed E-state index contributed by atoms with van der Waals surface area (Å²) in [6, 6.07) is 13.8. The minimum atomic E-state index is -0.905. The number of thioether (sulfide) groups is 1. The topological polar surface area (TPSA) is 72.7 Å². The van der Waals surface area contributed by atoms with E-state index in [4.69, 9.17) is 5.11 Å². The van der Waals surface area contributed by atoms with E-state index in [0.29, 0.717) is 5.75 Å². The number of aliphatic hydroxyl groups is 3. The molecule has 0 unspecified atom stereocenters. The predicted molar refractivity (Wildman–Crippen MR) is 84.5 cm³/mol. The zero-order valence-electron chi connectivity index (χ0n) is 11.5. The highest BCUT2D eigenvalue weighted by Gasteiger charge is 2.40. The number of rotatable bonds is 4. The van der Waals surface area contributed by atoms with E-state index >= 15 is 0 Å². The molecule has 0 radical (unpaired) electrons. The van der Waals surface area contributed by atoms with Crippen molar-refractivity contribution >= 4 is 22.5 Å². The van der Waals surface area contributed by atoms with Crippen LogP contribution in [0.1, 0.15) is 0 Å². The van der Waals surface area contributed by atoms with Crippen molar-refractivity contribution in [3.8, 4) is 0 Å². The van der Waals surface area contributed by atoms with Crippen molar-refractivity contribution in [1.82, 2.24) is 5.32 Å². The van der Waals surface area contributed by atoms with Crippen LogP contribution in [0.25, 0.3) is 10.8 Å². The number of hydrogen-bond donors (Lipinski definition) is 4. The van der Waals surface area contributed by atoms with Crippen LogP contribution in [0, 0.1) is 0 Å². The van der Waals surface area contributed by atoms with E-state index in [-0.39, 0.29) is 12.6 Å². The van der Waals surface area contributed by atoms with Gasteiger partial charge in [-0.2, -0.15) is 0 Å². The van der Waals surface area contributed by atoms with Crippen LogP contribution in [0.5, 0.6) is 0 Å². The van der Waals surface area contributed by atoms with Crippen LogP contribution < -0.4 is 5.32 Å². The summed E-state index contributed by atoms with van der Waals surface area (Å²) in [5.74, 6) is 0.646. The minimum Gasteiger partial charge on any atom is -0.395 e. The lowest BCUT2D eigenvalue weighted by Gasteiger charge is -2.15. The predicted octanol–water partition coefficient (Wildman–Crippen LogP) is 0.986. The van der Waals surface area contributed by atoms with Crippen molar-refractivity contribution in [2.24, 2.45) is 0 Å². The van der Waals surface area contributed by atoms with Crippen molar-refractivity contribution in [2.45, 2.75) is 29.2 Å². The fourth-order valence-corrected chi connectivity index (χ4v) is 3.74. The normalized spacial score (nSPS) is 29.1. The van der Waals surface area contributed by atoms with Crippen molar-refractivity contribution < 1.29 is 15.3 Å². The maximum atomic E-state index is 9.97. The fourth-order valence-electron chi connectivity index (χ4n) is 2.70. The molecule has 0 saturated carbocycles. The van der Waals surface area contributed by atoms with Crippen molar-refractivity contribution in [3.63, 3.8) is 0 Å². The molecule has 112 valence electrons. The van der Waals surface area contributed by atoms with Gasteiger partial charge < -0.3 is 20.6 Å². The maximum absolute atomic E-state index is 9.97. The molecule has 4 nitrogen and oxygen atoms in total. The third-order valence-corrected chi connectivity index (χ3v) is 5.06. The molecule has 2 aromatic rings. The van der Waals surface area contributed by atoms with E-state index in [1.165, 1.54) is 10.8 Å². The molecule has 2 aromatic carbocycles. The van der Waals surface area contributed by atoms with Gasteiger partial charge in [0.25, 0.3) is 0 Å². The van der Waals surface area contributed by atoms with Gasteiger partial charge in [0.15, 0.2) is 0 Å². The Bertz CT molecular complexity index is 621. The second kappa shape index (κ2) is 6.34. The number of nitrogens with one attached hydrogen (secondary N) is 1. The van der Waals surface area contributed by atoms with Crippen LogP contribution in [0.3, 0.4) is 0 Å². The summed E-state index contributed by atoms with van der Waals surface area (Å²) >= 11 is 1.64.